The lowest BCUT2D eigenvalue weighted by molar-refractivity contribution is 0.0704. The van der Waals surface area contributed by atoms with Crippen LogP contribution < -0.4 is 0 Å². The van der Waals surface area contributed by atoms with Crippen LogP contribution in [0.25, 0.3) is 0 Å². The minimum Gasteiger partial charge on any atom is -0.467 e. The SMILES string of the molecule is Cc1cc(C)cc(C(=O)N(Cc2ccco2)Cc2ccco2)c1. The van der Waals surface area contributed by atoms with Crippen LogP contribution in [0.1, 0.15) is 33.0 Å². The highest BCUT2D eigenvalue weighted by atomic mass is 16.3. The molecule has 0 unspecified atom stereocenters. The van der Waals surface area contributed by atoms with Crippen molar-refractivity contribution in [3.05, 3.63) is 83.2 Å². The molecule has 118 valence electrons. The van der Waals surface area contributed by atoms with Crippen LogP contribution in [0, 0.1) is 13.8 Å². The Balaban J connectivity index is 1.88. The van der Waals surface area contributed by atoms with Gasteiger partial charge in [-0.05, 0) is 50.2 Å². The minimum atomic E-state index is -0.0374. The molecule has 1 aromatic carbocycles. The number of rotatable bonds is 5. The summed E-state index contributed by atoms with van der Waals surface area (Å²) >= 11 is 0. The molecule has 3 aromatic rings. The average Bonchev–Trinajstić information content (AvgIpc) is 3.18. The molecular formula is C19H19NO3. The molecule has 4 nitrogen and oxygen atoms in total. The summed E-state index contributed by atoms with van der Waals surface area (Å²) in [5, 5.41) is 0. The summed E-state index contributed by atoms with van der Waals surface area (Å²) in [6.45, 7) is 4.79. The fourth-order valence-electron chi connectivity index (χ4n) is 2.66. The highest BCUT2D eigenvalue weighted by Crippen LogP contribution is 2.17. The van der Waals surface area contributed by atoms with Gasteiger partial charge in [0.25, 0.3) is 5.91 Å². The van der Waals surface area contributed by atoms with Crippen molar-refractivity contribution in [3.8, 4) is 0 Å². The van der Waals surface area contributed by atoms with Gasteiger partial charge in [-0.15, -0.1) is 0 Å². The molecule has 23 heavy (non-hydrogen) atoms. The Morgan fingerprint density at radius 2 is 1.43 bits per heavy atom. The summed E-state index contributed by atoms with van der Waals surface area (Å²) in [6.07, 6.45) is 3.23. The third-order valence-corrected chi connectivity index (χ3v) is 3.61. The molecule has 0 N–H and O–H groups in total. The van der Waals surface area contributed by atoms with Gasteiger partial charge in [0.15, 0.2) is 0 Å². The second kappa shape index (κ2) is 6.57. The van der Waals surface area contributed by atoms with Gasteiger partial charge in [-0.2, -0.15) is 0 Å². The maximum absolute atomic E-state index is 12.9. The topological polar surface area (TPSA) is 46.6 Å². The van der Waals surface area contributed by atoms with Gasteiger partial charge in [0, 0.05) is 5.56 Å². The maximum Gasteiger partial charge on any atom is 0.254 e. The molecule has 0 atom stereocenters. The van der Waals surface area contributed by atoms with Crippen LogP contribution >= 0.6 is 0 Å². The zero-order valence-electron chi connectivity index (χ0n) is 13.3. The Bertz CT molecular complexity index is 717. The second-order valence-electron chi connectivity index (χ2n) is 5.70. The smallest absolute Gasteiger partial charge is 0.254 e. The van der Waals surface area contributed by atoms with Crippen molar-refractivity contribution in [1.82, 2.24) is 4.90 Å². The van der Waals surface area contributed by atoms with Crippen LogP contribution in [0.5, 0.6) is 0 Å². The van der Waals surface area contributed by atoms with Crippen molar-refractivity contribution in [2.24, 2.45) is 0 Å². The average molecular weight is 309 g/mol. The molecule has 0 aliphatic heterocycles. The third-order valence-electron chi connectivity index (χ3n) is 3.61. The molecule has 0 aliphatic rings. The largest absolute Gasteiger partial charge is 0.467 e. The molecule has 0 spiro atoms. The van der Waals surface area contributed by atoms with Crippen LogP contribution in [-0.2, 0) is 13.1 Å². The van der Waals surface area contributed by atoms with E-state index >= 15 is 0 Å². The van der Waals surface area contributed by atoms with Crippen molar-refractivity contribution < 1.29 is 13.6 Å². The number of hydrogen-bond acceptors (Lipinski definition) is 3. The fourth-order valence-corrected chi connectivity index (χ4v) is 2.66. The first kappa shape index (κ1) is 15.2. The highest BCUT2D eigenvalue weighted by molar-refractivity contribution is 5.94. The number of nitrogens with zero attached hydrogens (tertiary/aromatic N) is 1. The zero-order valence-corrected chi connectivity index (χ0v) is 13.3. The second-order valence-corrected chi connectivity index (χ2v) is 5.70. The van der Waals surface area contributed by atoms with Crippen molar-refractivity contribution in [1.29, 1.82) is 0 Å². The molecule has 2 heterocycles. The monoisotopic (exact) mass is 309 g/mol. The maximum atomic E-state index is 12.9. The lowest BCUT2D eigenvalue weighted by Gasteiger charge is -2.21. The Kier molecular flexibility index (Phi) is 4.33. The Hall–Kier alpha value is -2.75. The van der Waals surface area contributed by atoms with Gasteiger partial charge < -0.3 is 13.7 Å². The standard InChI is InChI=1S/C19H19NO3/c1-14-9-15(2)11-16(10-14)19(21)20(12-17-5-3-7-22-17)13-18-6-4-8-23-18/h3-11H,12-13H2,1-2H3. The first-order chi connectivity index (χ1) is 11.1. The molecule has 0 aliphatic carbocycles. The number of carbonyl (C=O) groups is 1. The first-order valence-corrected chi connectivity index (χ1v) is 7.54. The minimum absolute atomic E-state index is 0.0374. The molecule has 0 saturated carbocycles. The summed E-state index contributed by atoms with van der Waals surface area (Å²) in [4.78, 5) is 14.7. The third kappa shape index (κ3) is 3.72. The number of hydrogen-bond donors (Lipinski definition) is 0. The van der Waals surface area contributed by atoms with E-state index in [2.05, 4.69) is 6.07 Å². The van der Waals surface area contributed by atoms with E-state index in [1.807, 2.05) is 50.2 Å². The predicted molar refractivity (Wildman–Crippen MR) is 86.9 cm³/mol. The van der Waals surface area contributed by atoms with E-state index < -0.39 is 0 Å². The zero-order chi connectivity index (χ0) is 16.2. The van der Waals surface area contributed by atoms with Gasteiger partial charge in [-0.1, -0.05) is 17.2 Å². The van der Waals surface area contributed by atoms with E-state index in [0.717, 1.165) is 22.6 Å². The van der Waals surface area contributed by atoms with Crippen LogP contribution in [0.4, 0.5) is 0 Å². The van der Waals surface area contributed by atoms with E-state index in [1.165, 1.54) is 0 Å². The number of amides is 1. The normalized spacial score (nSPS) is 10.7. The van der Waals surface area contributed by atoms with Crippen LogP contribution in [0.15, 0.2) is 63.8 Å². The van der Waals surface area contributed by atoms with Crippen LogP contribution in [0.2, 0.25) is 0 Å². The lowest BCUT2D eigenvalue weighted by atomic mass is 10.1. The Morgan fingerprint density at radius 3 is 1.87 bits per heavy atom. The highest BCUT2D eigenvalue weighted by Gasteiger charge is 2.19. The van der Waals surface area contributed by atoms with Crippen molar-refractivity contribution >= 4 is 5.91 Å². The quantitative estimate of drug-likeness (QED) is 0.704. The van der Waals surface area contributed by atoms with Crippen LogP contribution in [-0.4, -0.2) is 10.8 Å². The Labute approximate surface area is 135 Å². The number of carbonyl (C=O) groups excluding carboxylic acids is 1. The molecule has 0 fully saturated rings. The molecule has 2 aromatic heterocycles. The molecule has 4 heteroatoms. The van der Waals surface area contributed by atoms with Crippen molar-refractivity contribution in [2.75, 3.05) is 0 Å². The molecular weight excluding hydrogens is 290 g/mol. The summed E-state index contributed by atoms with van der Waals surface area (Å²) in [6, 6.07) is 13.2. The number of furan rings is 2. The van der Waals surface area contributed by atoms with Gasteiger partial charge in [0.1, 0.15) is 11.5 Å². The summed E-state index contributed by atoms with van der Waals surface area (Å²) < 4.78 is 10.8. The molecule has 0 bridgehead atoms. The fraction of sp³-hybridized carbons (Fsp3) is 0.211. The van der Waals surface area contributed by atoms with Crippen molar-refractivity contribution in [3.63, 3.8) is 0 Å². The van der Waals surface area contributed by atoms with E-state index in [4.69, 9.17) is 8.83 Å². The van der Waals surface area contributed by atoms with Gasteiger partial charge in [0.05, 0.1) is 25.6 Å². The summed E-state index contributed by atoms with van der Waals surface area (Å²) in [5.74, 6) is 1.45. The molecule has 3 rings (SSSR count). The van der Waals surface area contributed by atoms with E-state index in [0.29, 0.717) is 18.7 Å². The van der Waals surface area contributed by atoms with Gasteiger partial charge in [-0.25, -0.2) is 0 Å². The Morgan fingerprint density at radius 1 is 0.913 bits per heavy atom. The summed E-state index contributed by atoms with van der Waals surface area (Å²) in [5.41, 5.74) is 2.83. The van der Waals surface area contributed by atoms with E-state index in [1.54, 1.807) is 17.4 Å². The first-order valence-electron chi connectivity index (χ1n) is 7.54. The van der Waals surface area contributed by atoms with Gasteiger partial charge >= 0.3 is 0 Å². The molecule has 0 radical (unpaired) electrons. The predicted octanol–water partition coefficient (Wildman–Crippen LogP) is 4.33. The lowest BCUT2D eigenvalue weighted by Crippen LogP contribution is -2.30. The van der Waals surface area contributed by atoms with Gasteiger partial charge in [-0.3, -0.25) is 4.79 Å². The molecule has 1 amide bonds. The van der Waals surface area contributed by atoms with Crippen molar-refractivity contribution in [2.45, 2.75) is 26.9 Å². The van der Waals surface area contributed by atoms with Crippen LogP contribution in [0.3, 0.4) is 0 Å². The van der Waals surface area contributed by atoms with E-state index in [9.17, 15) is 4.79 Å². The van der Waals surface area contributed by atoms with Gasteiger partial charge in [0.2, 0.25) is 0 Å². The number of benzene rings is 1. The summed E-state index contributed by atoms with van der Waals surface area (Å²) in [7, 11) is 0. The molecule has 0 saturated heterocycles. The van der Waals surface area contributed by atoms with E-state index in [-0.39, 0.29) is 5.91 Å². The number of aryl methyl sites for hydroxylation is 2.